The van der Waals surface area contributed by atoms with E-state index in [1.165, 1.54) is 33.5 Å². The molecule has 0 saturated heterocycles. The van der Waals surface area contributed by atoms with Crippen molar-refractivity contribution < 1.29 is 25.2 Å². The predicted molar refractivity (Wildman–Crippen MR) is 220 cm³/mol. The van der Waals surface area contributed by atoms with Crippen LogP contribution in [0.3, 0.4) is 0 Å². The van der Waals surface area contributed by atoms with Crippen LogP contribution in [0.2, 0.25) is 0 Å². The van der Waals surface area contributed by atoms with Crippen molar-refractivity contribution in [1.82, 2.24) is 19.3 Å². The SMILES string of the molecule is CCc1cccc(CC)c1-c1c(CC)nn(-c2[c-]c(Oc3[c-]c4c(cc3)c3ccccc3n4-c3cc(CC(C)C)ccn3)cc(C(C)(C)C)c2)c1CC.[Pd+2]. The Balaban J connectivity index is 0.00000497. The molecule has 54 heavy (non-hydrogen) atoms. The Kier molecular flexibility index (Phi) is 11.7. The third kappa shape index (κ3) is 7.44. The number of para-hydroxylation sites is 1. The second-order valence-corrected chi connectivity index (χ2v) is 15.6. The first-order valence-electron chi connectivity index (χ1n) is 19.4. The van der Waals surface area contributed by atoms with E-state index in [1.807, 2.05) is 12.3 Å². The van der Waals surface area contributed by atoms with E-state index in [9.17, 15) is 0 Å². The number of nitrogens with zero attached hydrogens (tertiary/aromatic N) is 4. The molecule has 0 amide bonds. The average Bonchev–Trinajstić information content (AvgIpc) is 3.69. The van der Waals surface area contributed by atoms with Crippen LogP contribution in [0.15, 0.2) is 85.1 Å². The van der Waals surface area contributed by atoms with Gasteiger partial charge in [0.1, 0.15) is 5.82 Å². The van der Waals surface area contributed by atoms with Gasteiger partial charge >= 0.3 is 20.4 Å². The van der Waals surface area contributed by atoms with Crippen LogP contribution in [-0.2, 0) is 57.9 Å². The number of pyridine rings is 1. The summed E-state index contributed by atoms with van der Waals surface area (Å²) in [6.45, 7) is 20.2. The number of hydrogen-bond donors (Lipinski definition) is 0. The van der Waals surface area contributed by atoms with Crippen LogP contribution < -0.4 is 4.74 Å². The predicted octanol–water partition coefficient (Wildman–Crippen LogP) is 12.2. The van der Waals surface area contributed by atoms with Crippen molar-refractivity contribution in [2.75, 3.05) is 0 Å². The van der Waals surface area contributed by atoms with E-state index in [-0.39, 0.29) is 25.8 Å². The maximum Gasteiger partial charge on any atom is 2.00 e. The summed E-state index contributed by atoms with van der Waals surface area (Å²) in [5.41, 5.74) is 12.9. The molecule has 0 aliphatic rings. The number of fused-ring (bicyclic) bond motifs is 3. The molecule has 7 rings (SSSR count). The topological polar surface area (TPSA) is 44.9 Å². The van der Waals surface area contributed by atoms with Crippen LogP contribution in [0.4, 0.5) is 0 Å². The number of benzene rings is 4. The van der Waals surface area contributed by atoms with Crippen molar-refractivity contribution in [3.05, 3.63) is 131 Å². The van der Waals surface area contributed by atoms with Crippen molar-refractivity contribution in [2.45, 2.75) is 99.8 Å². The van der Waals surface area contributed by atoms with Gasteiger partial charge in [-0.05, 0) is 95.0 Å². The van der Waals surface area contributed by atoms with E-state index in [1.54, 1.807) is 0 Å². The number of ether oxygens (including phenoxy) is 1. The first kappa shape index (κ1) is 39.2. The van der Waals surface area contributed by atoms with Crippen LogP contribution in [0.25, 0.3) is 44.4 Å². The molecule has 0 aliphatic heterocycles. The standard InChI is InChI=1S/C48H52N4O.Pd/c1-10-33-17-16-18-34(11-2)46(33)47-41(12-3)50-52(42(47)13-4)36-27-35(48(7,8)9)28-38(29-36)53-37-21-22-40-39-19-14-15-20-43(39)51(44(40)30-37)45-26-32(23-24-49-45)25-31(5)6;/h14-24,26-28,31H,10-13,25H2,1-9H3;/q-2;+2. The Morgan fingerprint density at radius 1 is 0.741 bits per heavy atom. The third-order valence-corrected chi connectivity index (χ3v) is 10.4. The molecule has 0 saturated carbocycles. The Labute approximate surface area is 335 Å². The Morgan fingerprint density at radius 2 is 1.48 bits per heavy atom. The molecule has 0 fully saturated rings. The van der Waals surface area contributed by atoms with E-state index in [2.05, 4.69) is 156 Å². The van der Waals surface area contributed by atoms with Gasteiger partial charge in [-0.2, -0.15) is 11.2 Å². The Hall–Kier alpha value is -4.50. The molecule has 0 aliphatic carbocycles. The average molecular weight is 807 g/mol. The van der Waals surface area contributed by atoms with Crippen molar-refractivity contribution in [2.24, 2.45) is 5.92 Å². The van der Waals surface area contributed by atoms with Crippen LogP contribution in [0.1, 0.15) is 96.0 Å². The zero-order valence-corrected chi connectivity index (χ0v) is 34.8. The molecule has 280 valence electrons. The number of aryl methyl sites for hydroxylation is 3. The minimum Gasteiger partial charge on any atom is -0.509 e. The molecular weight excluding hydrogens is 755 g/mol. The van der Waals surface area contributed by atoms with Gasteiger partial charge in [-0.15, -0.1) is 41.3 Å². The van der Waals surface area contributed by atoms with Gasteiger partial charge in [-0.25, -0.2) is 4.98 Å². The normalized spacial score (nSPS) is 11.8. The van der Waals surface area contributed by atoms with E-state index in [0.29, 0.717) is 17.4 Å². The minimum absolute atomic E-state index is 0. The minimum atomic E-state index is -0.130. The van der Waals surface area contributed by atoms with Crippen molar-refractivity contribution >= 4 is 21.8 Å². The summed E-state index contributed by atoms with van der Waals surface area (Å²) in [6, 6.07) is 35.4. The van der Waals surface area contributed by atoms with E-state index in [4.69, 9.17) is 14.8 Å². The fraction of sp³-hybridized carbons (Fsp3) is 0.333. The van der Waals surface area contributed by atoms with Crippen LogP contribution in [0, 0.1) is 18.1 Å². The van der Waals surface area contributed by atoms with E-state index >= 15 is 0 Å². The summed E-state index contributed by atoms with van der Waals surface area (Å²) >= 11 is 0. The maximum atomic E-state index is 6.76. The molecule has 0 atom stereocenters. The van der Waals surface area contributed by atoms with Crippen LogP contribution in [0.5, 0.6) is 11.5 Å². The summed E-state index contributed by atoms with van der Waals surface area (Å²) in [4.78, 5) is 4.85. The van der Waals surface area contributed by atoms with Crippen LogP contribution >= 0.6 is 0 Å². The number of rotatable bonds is 11. The van der Waals surface area contributed by atoms with Gasteiger partial charge in [0.25, 0.3) is 0 Å². The maximum absolute atomic E-state index is 6.76. The van der Waals surface area contributed by atoms with Gasteiger partial charge in [-0.1, -0.05) is 104 Å². The van der Waals surface area contributed by atoms with Crippen LogP contribution in [-0.4, -0.2) is 19.3 Å². The van der Waals surface area contributed by atoms with Crippen molar-refractivity contribution in [3.8, 4) is 34.1 Å². The summed E-state index contributed by atoms with van der Waals surface area (Å²) in [5.74, 6) is 2.71. The fourth-order valence-electron chi connectivity index (χ4n) is 7.73. The molecule has 3 aromatic heterocycles. The monoisotopic (exact) mass is 806 g/mol. The van der Waals surface area contributed by atoms with E-state index < -0.39 is 0 Å². The first-order chi connectivity index (χ1) is 25.5. The number of aromatic nitrogens is 4. The van der Waals surface area contributed by atoms with Crippen molar-refractivity contribution in [1.29, 1.82) is 0 Å². The number of hydrogen-bond acceptors (Lipinski definition) is 3. The molecule has 0 spiro atoms. The zero-order valence-electron chi connectivity index (χ0n) is 33.2. The smallest absolute Gasteiger partial charge is 0.509 e. The first-order valence-corrected chi connectivity index (χ1v) is 19.4. The quantitative estimate of drug-likeness (QED) is 0.0966. The molecule has 4 aromatic carbocycles. The summed E-state index contributed by atoms with van der Waals surface area (Å²) in [6.07, 6.45) is 6.55. The van der Waals surface area contributed by atoms with Crippen molar-refractivity contribution in [3.63, 3.8) is 0 Å². The molecule has 0 bridgehead atoms. The molecular formula is C48H52N4OPd. The zero-order chi connectivity index (χ0) is 37.4. The second-order valence-electron chi connectivity index (χ2n) is 15.6. The fourth-order valence-corrected chi connectivity index (χ4v) is 7.73. The molecule has 0 unspecified atom stereocenters. The molecule has 0 N–H and O–H groups in total. The Bertz CT molecular complexity index is 2400. The molecule has 0 radical (unpaired) electrons. The molecule has 3 heterocycles. The van der Waals surface area contributed by atoms with Gasteiger partial charge in [0.2, 0.25) is 0 Å². The summed E-state index contributed by atoms with van der Waals surface area (Å²) in [7, 11) is 0. The van der Waals surface area contributed by atoms with Gasteiger partial charge < -0.3 is 9.30 Å². The summed E-state index contributed by atoms with van der Waals surface area (Å²) < 4.78 is 11.1. The van der Waals surface area contributed by atoms with Gasteiger partial charge in [0.15, 0.2) is 0 Å². The third-order valence-electron chi connectivity index (χ3n) is 10.4. The second kappa shape index (κ2) is 16.1. The summed E-state index contributed by atoms with van der Waals surface area (Å²) in [5, 5.41) is 7.59. The van der Waals surface area contributed by atoms with Gasteiger partial charge in [-0.3, -0.25) is 4.68 Å². The Morgan fingerprint density at radius 3 is 2.15 bits per heavy atom. The molecule has 5 nitrogen and oxygen atoms in total. The molecule has 6 heteroatoms. The van der Waals surface area contributed by atoms with E-state index in [0.717, 1.165) is 76.7 Å². The van der Waals surface area contributed by atoms with Gasteiger partial charge in [0.05, 0.1) is 5.69 Å². The molecule has 7 aromatic rings. The van der Waals surface area contributed by atoms with Gasteiger partial charge in [0, 0.05) is 34.5 Å². The largest absolute Gasteiger partial charge is 2.00 e.